The monoisotopic (exact) mass is 510 g/mol. The van der Waals surface area contributed by atoms with Gasteiger partial charge in [0.1, 0.15) is 0 Å². The van der Waals surface area contributed by atoms with Gasteiger partial charge in [0, 0.05) is 0 Å². The Balaban J connectivity index is -0.0000000152. The number of carboxylic acid groups (broad SMARTS) is 4. The topological polar surface area (TPSA) is 299 Å². The summed E-state index contributed by atoms with van der Waals surface area (Å²) in [5.74, 6) is 0. The quantitative estimate of drug-likeness (QED) is 0.216. The maximum Gasteiger partial charge on any atom is 2.00 e. The van der Waals surface area contributed by atoms with Gasteiger partial charge in [0.25, 0.3) is 0 Å². The van der Waals surface area contributed by atoms with Crippen molar-refractivity contribution in [1.82, 2.24) is 0 Å². The van der Waals surface area contributed by atoms with Crippen LogP contribution in [0.5, 0.6) is 0 Å². The SMILES string of the molecule is O=C([O-])[O-].O=C([O-])[O-].O=P([O-])([O-])[O-].O=P([O-])([O-])[O-].[Ca+2].[Ca+2].[Ca+2].[Ca+2].[Ca+2]. The smallest absolute Gasteiger partial charge is 0.822 e. The Bertz CT molecular complexity index is 267. The summed E-state index contributed by atoms with van der Waals surface area (Å²) in [6.07, 6.45) is -4.67. The average molecular weight is 510 g/mol. The minimum atomic E-state index is -5.39. The molecule has 0 aromatic carbocycles. The normalized spacial score (nSPS) is 7.22. The third-order valence-corrected chi connectivity index (χ3v) is 0. The van der Waals surface area contributed by atoms with Crippen LogP contribution in [0.4, 0.5) is 9.59 Å². The predicted molar refractivity (Wildman–Crippen MR) is 54.8 cm³/mol. The van der Waals surface area contributed by atoms with Crippen molar-refractivity contribution in [2.75, 3.05) is 0 Å². The van der Waals surface area contributed by atoms with Gasteiger partial charge in [-0.05, 0) is 12.3 Å². The van der Waals surface area contributed by atoms with E-state index in [1.54, 1.807) is 0 Å². The Morgan fingerprint density at radius 1 is 0.478 bits per heavy atom. The molecule has 0 aliphatic carbocycles. The van der Waals surface area contributed by atoms with E-state index in [1.165, 1.54) is 0 Å². The molecular formula is C2Ca5O14P2. The molecular weight excluding hydrogens is 510 g/mol. The molecule has 23 heavy (non-hydrogen) atoms. The first-order valence-electron chi connectivity index (χ1n) is 2.69. The number of carbonyl (C=O) groups is 2. The molecule has 0 aromatic rings. The van der Waals surface area contributed by atoms with E-state index in [1.807, 2.05) is 0 Å². The zero-order valence-electron chi connectivity index (χ0n) is 11.1. The second kappa shape index (κ2) is 34.6. The van der Waals surface area contributed by atoms with E-state index in [4.69, 9.17) is 68.5 Å². The summed E-state index contributed by atoms with van der Waals surface area (Å²) in [4.78, 5) is 68.0. The molecule has 0 heterocycles. The van der Waals surface area contributed by atoms with Crippen molar-refractivity contribution in [2.24, 2.45) is 0 Å². The molecule has 112 valence electrons. The number of hydrogen-bond donors (Lipinski definition) is 0. The van der Waals surface area contributed by atoms with Gasteiger partial charge in [0.2, 0.25) is 0 Å². The fraction of sp³-hybridized carbons (Fsp3) is 0. The van der Waals surface area contributed by atoms with Gasteiger partial charge in [-0.25, -0.2) is 0 Å². The van der Waals surface area contributed by atoms with Crippen molar-refractivity contribution in [1.29, 1.82) is 0 Å². The van der Waals surface area contributed by atoms with Crippen LogP contribution in [-0.4, -0.2) is 201 Å². The second-order valence-corrected chi connectivity index (χ2v) is 3.18. The van der Waals surface area contributed by atoms with Crippen molar-refractivity contribution in [3.05, 3.63) is 0 Å². The summed E-state index contributed by atoms with van der Waals surface area (Å²) in [5.41, 5.74) is 0. The molecule has 0 saturated carbocycles. The Hall–Kier alpha value is 5.06. The van der Waals surface area contributed by atoms with Gasteiger partial charge in [0.05, 0.1) is 0 Å². The number of hydrogen-bond acceptors (Lipinski definition) is 14. The van der Waals surface area contributed by atoms with Crippen LogP contribution < -0.4 is 49.8 Å². The average Bonchev–Trinajstić information content (AvgIpc) is 1.70. The van der Waals surface area contributed by atoms with E-state index in [0.717, 1.165) is 0 Å². The third-order valence-electron chi connectivity index (χ3n) is 0. The molecule has 21 heteroatoms. The van der Waals surface area contributed by atoms with Crippen molar-refractivity contribution in [2.45, 2.75) is 0 Å². The van der Waals surface area contributed by atoms with Gasteiger partial charge in [-0.3, -0.25) is 0 Å². The summed E-state index contributed by atoms with van der Waals surface area (Å²) in [5, 5.41) is 33.3. The second-order valence-electron chi connectivity index (χ2n) is 1.39. The molecule has 0 spiro atoms. The van der Waals surface area contributed by atoms with Crippen LogP contribution in [0.25, 0.3) is 0 Å². The fourth-order valence-electron chi connectivity index (χ4n) is 0. The number of rotatable bonds is 0. The number of phosphoric acid groups is 2. The van der Waals surface area contributed by atoms with Crippen molar-refractivity contribution >= 4 is 217 Å². The van der Waals surface area contributed by atoms with E-state index in [0.29, 0.717) is 0 Å². The predicted octanol–water partition coefficient (Wildman–Crippen LogP) is -12.4. The van der Waals surface area contributed by atoms with Gasteiger partial charge >= 0.3 is 189 Å². The van der Waals surface area contributed by atoms with Gasteiger partial charge in [-0.2, -0.15) is 15.6 Å². The molecule has 0 N–H and O–H groups in total. The Morgan fingerprint density at radius 3 is 0.478 bits per heavy atom. The Kier molecular flexibility index (Phi) is 85.0. The fourth-order valence-corrected chi connectivity index (χ4v) is 0. The molecule has 0 fully saturated rings. The van der Waals surface area contributed by atoms with Crippen LogP contribution in [0.2, 0.25) is 0 Å². The van der Waals surface area contributed by atoms with E-state index in [2.05, 4.69) is 0 Å². The maximum absolute atomic E-state index is 8.55. The summed E-state index contributed by atoms with van der Waals surface area (Å²) >= 11 is 0. The Labute approximate surface area is 278 Å². The van der Waals surface area contributed by atoms with Crippen molar-refractivity contribution in [3.8, 4) is 0 Å². The summed E-state index contributed by atoms with van der Waals surface area (Å²) in [7, 11) is -10.8. The van der Waals surface area contributed by atoms with Crippen LogP contribution >= 0.6 is 15.6 Å². The van der Waals surface area contributed by atoms with Gasteiger partial charge in [0.15, 0.2) is 0 Å². The van der Waals surface area contributed by atoms with Crippen LogP contribution in [0, 0.1) is 0 Å². The molecule has 0 saturated heterocycles. The van der Waals surface area contributed by atoms with Crippen molar-refractivity contribution in [3.63, 3.8) is 0 Å². The molecule has 0 rings (SSSR count). The van der Waals surface area contributed by atoms with Crippen molar-refractivity contribution < 1.29 is 68.5 Å². The molecule has 0 atom stereocenters. The van der Waals surface area contributed by atoms with Crippen LogP contribution in [-0.2, 0) is 9.13 Å². The maximum atomic E-state index is 8.55. The summed E-state index contributed by atoms with van der Waals surface area (Å²) in [6.45, 7) is 0. The zero-order chi connectivity index (χ0) is 16.2. The zero-order valence-corrected chi connectivity index (χ0v) is 24.0. The van der Waals surface area contributed by atoms with Crippen LogP contribution in [0.1, 0.15) is 0 Å². The standard InChI is InChI=1S/2CH2O3.5Ca.2H3O4P/c2*2-1(3)4;;;;;;2*1-5(2,3)4/h2*(H2,2,3,4);;;;;;2*(H3,1,2,3,4)/q;;5*+2;;/p-10. The molecule has 0 aliphatic heterocycles. The molecule has 0 bridgehead atoms. The van der Waals surface area contributed by atoms with Gasteiger partial charge in [-0.1, -0.05) is 0 Å². The van der Waals surface area contributed by atoms with E-state index in [-0.39, 0.29) is 189 Å². The summed E-state index contributed by atoms with van der Waals surface area (Å²) < 4.78 is 17.1. The summed E-state index contributed by atoms with van der Waals surface area (Å²) in [6, 6.07) is 0. The first kappa shape index (κ1) is 56.6. The first-order chi connectivity index (χ1) is 7.46. The molecule has 0 aliphatic rings. The largest absolute Gasteiger partial charge is 2.00 e. The molecule has 0 unspecified atom stereocenters. The minimum Gasteiger partial charge on any atom is -0.822 e. The van der Waals surface area contributed by atoms with E-state index < -0.39 is 28.0 Å². The van der Waals surface area contributed by atoms with Crippen LogP contribution in [0.15, 0.2) is 0 Å². The van der Waals surface area contributed by atoms with E-state index >= 15 is 0 Å². The van der Waals surface area contributed by atoms with Gasteiger partial charge < -0.3 is 68.5 Å². The molecule has 14 nitrogen and oxygen atoms in total. The molecule has 0 aromatic heterocycles. The Morgan fingerprint density at radius 2 is 0.478 bits per heavy atom. The van der Waals surface area contributed by atoms with Gasteiger partial charge in [-0.15, -0.1) is 0 Å². The third kappa shape index (κ3) is 664. The molecule has 0 amide bonds. The molecule has 0 radical (unpaired) electrons. The number of carbonyl (C=O) groups excluding carboxylic acids is 2. The first-order valence-corrected chi connectivity index (χ1v) is 5.61. The van der Waals surface area contributed by atoms with Crippen LogP contribution in [0.3, 0.4) is 0 Å². The van der Waals surface area contributed by atoms with E-state index in [9.17, 15) is 0 Å². The minimum absolute atomic E-state index is 0.